The first-order valence-electron chi connectivity index (χ1n) is 8.81. The van der Waals surface area contributed by atoms with Gasteiger partial charge in [0.15, 0.2) is 5.16 Å². The molecule has 7 heteroatoms. The minimum Gasteiger partial charge on any atom is -0.337 e. The van der Waals surface area contributed by atoms with Crippen molar-refractivity contribution in [1.82, 2.24) is 20.1 Å². The highest BCUT2D eigenvalue weighted by molar-refractivity contribution is 7.99. The van der Waals surface area contributed by atoms with Gasteiger partial charge in [-0.3, -0.25) is 4.79 Å². The molecule has 1 N–H and O–H groups in total. The molecule has 0 aliphatic rings. The molecule has 1 heterocycles. The largest absolute Gasteiger partial charge is 0.337 e. The van der Waals surface area contributed by atoms with Crippen molar-refractivity contribution in [2.45, 2.75) is 44.4 Å². The van der Waals surface area contributed by atoms with Gasteiger partial charge in [-0.15, -0.1) is 16.8 Å². The van der Waals surface area contributed by atoms with Crippen molar-refractivity contribution in [3.05, 3.63) is 54.4 Å². The van der Waals surface area contributed by atoms with Gasteiger partial charge in [-0.05, 0) is 18.4 Å². The monoisotopic (exact) mass is 383 g/mol. The van der Waals surface area contributed by atoms with Crippen LogP contribution < -0.4 is 5.32 Å². The van der Waals surface area contributed by atoms with Gasteiger partial charge in [-0.2, -0.15) is 5.26 Å². The van der Waals surface area contributed by atoms with Crippen LogP contribution in [0.3, 0.4) is 0 Å². The Labute approximate surface area is 164 Å². The molecule has 2 aromatic rings. The van der Waals surface area contributed by atoms with Crippen LogP contribution >= 0.6 is 11.8 Å². The van der Waals surface area contributed by atoms with Crippen molar-refractivity contribution in [1.29, 1.82) is 5.26 Å². The highest BCUT2D eigenvalue weighted by atomic mass is 32.2. The fourth-order valence-electron chi connectivity index (χ4n) is 2.40. The number of hydrogen-bond donors (Lipinski definition) is 1. The number of allylic oxidation sites excluding steroid dienone is 1. The van der Waals surface area contributed by atoms with E-state index >= 15 is 0 Å². The van der Waals surface area contributed by atoms with Crippen LogP contribution in [0.25, 0.3) is 0 Å². The van der Waals surface area contributed by atoms with E-state index in [2.05, 4.69) is 28.2 Å². The third kappa shape index (κ3) is 5.44. The number of amides is 1. The average Bonchev–Trinajstić information content (AvgIpc) is 3.02. The Hall–Kier alpha value is -2.59. The molecule has 1 aromatic carbocycles. The molecule has 0 saturated carbocycles. The van der Waals surface area contributed by atoms with Crippen LogP contribution in [-0.4, -0.2) is 32.0 Å². The second-order valence-corrected chi connectivity index (χ2v) is 7.71. The zero-order valence-corrected chi connectivity index (χ0v) is 16.8. The summed E-state index contributed by atoms with van der Waals surface area (Å²) in [4.78, 5) is 12.3. The van der Waals surface area contributed by atoms with E-state index in [0.29, 0.717) is 18.1 Å². The van der Waals surface area contributed by atoms with E-state index in [4.69, 9.17) is 0 Å². The summed E-state index contributed by atoms with van der Waals surface area (Å²) < 4.78 is 1.96. The maximum Gasteiger partial charge on any atom is 0.231 e. The molecular formula is C20H25N5OS. The molecule has 2 rings (SSSR count). The number of aromatic nitrogens is 3. The molecule has 0 aliphatic carbocycles. The summed E-state index contributed by atoms with van der Waals surface area (Å²) in [5.74, 6) is 0.812. The Kier molecular flexibility index (Phi) is 7.19. The van der Waals surface area contributed by atoms with Gasteiger partial charge in [0, 0.05) is 13.0 Å². The number of nitrogens with zero attached hydrogens (tertiary/aromatic N) is 4. The highest BCUT2D eigenvalue weighted by Gasteiger charge is 2.30. The van der Waals surface area contributed by atoms with Crippen molar-refractivity contribution in [2.75, 3.05) is 5.75 Å². The van der Waals surface area contributed by atoms with Crippen LogP contribution in [0, 0.1) is 17.2 Å². The Morgan fingerprint density at radius 2 is 2.11 bits per heavy atom. The maximum absolute atomic E-state index is 12.3. The van der Waals surface area contributed by atoms with Gasteiger partial charge in [-0.1, -0.05) is 62.0 Å². The van der Waals surface area contributed by atoms with E-state index in [-0.39, 0.29) is 17.6 Å². The standard InChI is InChI=1S/C20H25N5OS/c1-5-11-25-17(12-16-9-7-6-8-10-16)23-24-19(25)27-13-18(26)22-20(4,14-21)15(2)3/h5-10,15H,1,11-13H2,2-4H3,(H,22,26). The van der Waals surface area contributed by atoms with Gasteiger partial charge in [0.1, 0.15) is 11.4 Å². The molecule has 0 spiro atoms. The van der Waals surface area contributed by atoms with Crippen molar-refractivity contribution < 1.29 is 4.79 Å². The molecular weight excluding hydrogens is 358 g/mol. The molecule has 1 unspecified atom stereocenters. The van der Waals surface area contributed by atoms with Crippen LogP contribution in [0.15, 0.2) is 48.1 Å². The summed E-state index contributed by atoms with van der Waals surface area (Å²) in [7, 11) is 0. The zero-order chi connectivity index (χ0) is 19.9. The third-order valence-electron chi connectivity index (χ3n) is 4.43. The van der Waals surface area contributed by atoms with Crippen LogP contribution in [0.1, 0.15) is 32.2 Å². The van der Waals surface area contributed by atoms with Gasteiger partial charge in [0.2, 0.25) is 5.91 Å². The summed E-state index contributed by atoms with van der Waals surface area (Å²) in [6.45, 7) is 9.92. The molecule has 27 heavy (non-hydrogen) atoms. The van der Waals surface area contributed by atoms with Crippen molar-refractivity contribution in [2.24, 2.45) is 5.92 Å². The van der Waals surface area contributed by atoms with Crippen molar-refractivity contribution >= 4 is 17.7 Å². The van der Waals surface area contributed by atoms with Gasteiger partial charge in [0.05, 0.1) is 11.8 Å². The lowest BCUT2D eigenvalue weighted by Crippen LogP contribution is -2.49. The molecule has 0 aliphatic heterocycles. The SMILES string of the molecule is C=CCn1c(Cc2ccccc2)nnc1SCC(=O)NC(C)(C#N)C(C)C. The van der Waals surface area contributed by atoms with Crippen LogP contribution in [0.2, 0.25) is 0 Å². The molecule has 0 radical (unpaired) electrons. The van der Waals surface area contributed by atoms with Crippen LogP contribution in [0.4, 0.5) is 0 Å². The first kappa shape index (κ1) is 20.7. The smallest absolute Gasteiger partial charge is 0.231 e. The number of carbonyl (C=O) groups is 1. The van der Waals surface area contributed by atoms with E-state index in [9.17, 15) is 10.1 Å². The molecule has 0 fully saturated rings. The van der Waals surface area contributed by atoms with Crippen LogP contribution in [0.5, 0.6) is 0 Å². The lowest BCUT2D eigenvalue weighted by atomic mass is 9.90. The minimum absolute atomic E-state index is 0.0124. The number of carbonyl (C=O) groups excluding carboxylic acids is 1. The van der Waals surface area contributed by atoms with Crippen LogP contribution in [-0.2, 0) is 17.8 Å². The van der Waals surface area contributed by atoms with E-state index < -0.39 is 5.54 Å². The van der Waals surface area contributed by atoms with Gasteiger partial charge in [0.25, 0.3) is 0 Å². The number of benzene rings is 1. The molecule has 142 valence electrons. The first-order chi connectivity index (χ1) is 12.9. The Morgan fingerprint density at radius 1 is 1.41 bits per heavy atom. The molecule has 0 bridgehead atoms. The third-order valence-corrected chi connectivity index (χ3v) is 5.40. The van der Waals surface area contributed by atoms with E-state index in [1.165, 1.54) is 11.8 Å². The van der Waals surface area contributed by atoms with E-state index in [1.807, 2.05) is 48.7 Å². The fraction of sp³-hybridized carbons (Fsp3) is 0.400. The second-order valence-electron chi connectivity index (χ2n) is 6.77. The summed E-state index contributed by atoms with van der Waals surface area (Å²) in [6, 6.07) is 12.2. The van der Waals surface area contributed by atoms with Gasteiger partial charge in [-0.25, -0.2) is 0 Å². The maximum atomic E-state index is 12.3. The lowest BCUT2D eigenvalue weighted by Gasteiger charge is -2.27. The fourth-order valence-corrected chi connectivity index (χ4v) is 3.17. The Balaban J connectivity index is 2.07. The number of nitrogens with one attached hydrogen (secondary N) is 1. The predicted octanol–water partition coefficient (Wildman–Crippen LogP) is 3.20. The Morgan fingerprint density at radius 3 is 2.70 bits per heavy atom. The molecule has 0 saturated heterocycles. The van der Waals surface area contributed by atoms with E-state index in [1.54, 1.807) is 13.0 Å². The quantitative estimate of drug-likeness (QED) is 0.531. The molecule has 6 nitrogen and oxygen atoms in total. The normalized spacial score (nSPS) is 13.0. The number of hydrogen-bond acceptors (Lipinski definition) is 5. The topological polar surface area (TPSA) is 83.6 Å². The predicted molar refractivity (Wildman–Crippen MR) is 107 cm³/mol. The second kappa shape index (κ2) is 9.38. The average molecular weight is 384 g/mol. The summed E-state index contributed by atoms with van der Waals surface area (Å²) in [5.41, 5.74) is 0.261. The Bertz CT molecular complexity index is 825. The summed E-state index contributed by atoms with van der Waals surface area (Å²) in [5, 5.41) is 21.3. The molecule has 1 aromatic heterocycles. The summed E-state index contributed by atoms with van der Waals surface area (Å²) in [6.07, 6.45) is 2.45. The lowest BCUT2D eigenvalue weighted by molar-refractivity contribution is -0.120. The molecule has 1 amide bonds. The van der Waals surface area contributed by atoms with Gasteiger partial charge >= 0.3 is 0 Å². The highest BCUT2D eigenvalue weighted by Crippen LogP contribution is 2.20. The van der Waals surface area contributed by atoms with Gasteiger partial charge < -0.3 is 9.88 Å². The molecule has 1 atom stereocenters. The number of thioether (sulfide) groups is 1. The first-order valence-corrected chi connectivity index (χ1v) is 9.80. The minimum atomic E-state index is -0.884. The zero-order valence-electron chi connectivity index (χ0n) is 16.0. The van der Waals surface area contributed by atoms with Crippen molar-refractivity contribution in [3.63, 3.8) is 0 Å². The number of rotatable bonds is 9. The van der Waals surface area contributed by atoms with Crippen molar-refractivity contribution in [3.8, 4) is 6.07 Å². The summed E-state index contributed by atoms with van der Waals surface area (Å²) >= 11 is 1.31. The number of nitriles is 1. The van der Waals surface area contributed by atoms with E-state index in [0.717, 1.165) is 11.4 Å².